The minimum absolute atomic E-state index is 0.0330. The summed E-state index contributed by atoms with van der Waals surface area (Å²) in [7, 11) is 0. The standard InChI is InChI=1S/C17H25N7O/c1-12(2)9-17(25)22-15-3-6-21-24(15)13-4-7-23(8-5-13)16-10-14(18)19-11-20-16/h3,6,10-13H,4-5,7-9H2,1-2H3,(H,22,25)(H2,18,19,20). The fourth-order valence-electron chi connectivity index (χ4n) is 3.14. The Bertz CT molecular complexity index is 719. The first-order valence-corrected chi connectivity index (χ1v) is 8.68. The van der Waals surface area contributed by atoms with Gasteiger partial charge in [-0.3, -0.25) is 4.79 Å². The quantitative estimate of drug-likeness (QED) is 0.862. The van der Waals surface area contributed by atoms with Crippen molar-refractivity contribution in [1.29, 1.82) is 0 Å². The van der Waals surface area contributed by atoms with Crippen molar-refractivity contribution in [2.45, 2.75) is 39.2 Å². The van der Waals surface area contributed by atoms with Crippen LogP contribution in [0.3, 0.4) is 0 Å². The first kappa shape index (κ1) is 17.2. The van der Waals surface area contributed by atoms with Crippen molar-refractivity contribution in [3.05, 3.63) is 24.7 Å². The van der Waals surface area contributed by atoms with E-state index in [9.17, 15) is 4.79 Å². The maximum Gasteiger partial charge on any atom is 0.225 e. The molecule has 2 aromatic rings. The third kappa shape index (κ3) is 4.26. The SMILES string of the molecule is CC(C)CC(=O)Nc1ccnn1C1CCN(c2cc(N)ncn2)CC1. The number of rotatable bonds is 5. The predicted molar refractivity (Wildman–Crippen MR) is 97.2 cm³/mol. The van der Waals surface area contributed by atoms with Crippen LogP contribution in [0.25, 0.3) is 0 Å². The molecule has 134 valence electrons. The van der Waals surface area contributed by atoms with Gasteiger partial charge in [0.25, 0.3) is 0 Å². The number of nitrogens with one attached hydrogen (secondary N) is 1. The van der Waals surface area contributed by atoms with Crippen LogP contribution in [0.4, 0.5) is 17.5 Å². The smallest absolute Gasteiger partial charge is 0.225 e. The van der Waals surface area contributed by atoms with Gasteiger partial charge in [-0.2, -0.15) is 5.10 Å². The average Bonchev–Trinajstić information content (AvgIpc) is 3.02. The van der Waals surface area contributed by atoms with Crippen molar-refractivity contribution in [1.82, 2.24) is 19.7 Å². The Morgan fingerprint density at radius 2 is 2.12 bits per heavy atom. The number of hydrogen-bond acceptors (Lipinski definition) is 6. The molecule has 1 amide bonds. The maximum absolute atomic E-state index is 12.0. The molecule has 0 spiro atoms. The number of piperidine rings is 1. The van der Waals surface area contributed by atoms with Crippen LogP contribution in [-0.4, -0.2) is 38.7 Å². The minimum Gasteiger partial charge on any atom is -0.384 e. The number of amides is 1. The summed E-state index contributed by atoms with van der Waals surface area (Å²) in [5, 5.41) is 7.40. The molecule has 25 heavy (non-hydrogen) atoms. The molecule has 0 atom stereocenters. The number of nitrogen functional groups attached to an aromatic ring is 1. The van der Waals surface area contributed by atoms with E-state index in [1.807, 2.05) is 24.6 Å². The third-order valence-electron chi connectivity index (χ3n) is 4.34. The van der Waals surface area contributed by atoms with Crippen molar-refractivity contribution in [3.8, 4) is 0 Å². The van der Waals surface area contributed by atoms with Crippen LogP contribution >= 0.6 is 0 Å². The molecule has 0 unspecified atom stereocenters. The molecule has 3 N–H and O–H groups in total. The number of aromatic nitrogens is 4. The molecule has 0 aromatic carbocycles. The molecule has 2 aromatic heterocycles. The molecule has 8 nitrogen and oxygen atoms in total. The van der Waals surface area contributed by atoms with E-state index in [1.165, 1.54) is 6.33 Å². The lowest BCUT2D eigenvalue weighted by atomic mass is 10.1. The third-order valence-corrected chi connectivity index (χ3v) is 4.34. The number of anilines is 3. The van der Waals surface area contributed by atoms with E-state index in [2.05, 4.69) is 25.3 Å². The monoisotopic (exact) mass is 343 g/mol. The summed E-state index contributed by atoms with van der Waals surface area (Å²) in [6.07, 6.45) is 5.60. The van der Waals surface area contributed by atoms with Crippen LogP contribution in [0.2, 0.25) is 0 Å². The normalized spacial score (nSPS) is 15.6. The van der Waals surface area contributed by atoms with Gasteiger partial charge in [-0.25, -0.2) is 14.6 Å². The highest BCUT2D eigenvalue weighted by Crippen LogP contribution is 2.28. The molecule has 1 aliphatic heterocycles. The van der Waals surface area contributed by atoms with Crippen molar-refractivity contribution in [2.75, 3.05) is 29.0 Å². The van der Waals surface area contributed by atoms with E-state index in [4.69, 9.17) is 5.73 Å². The fourth-order valence-corrected chi connectivity index (χ4v) is 3.14. The fraction of sp³-hybridized carbons (Fsp3) is 0.529. The minimum atomic E-state index is 0.0330. The van der Waals surface area contributed by atoms with Gasteiger partial charge < -0.3 is 16.0 Å². The summed E-state index contributed by atoms with van der Waals surface area (Å²) in [5.41, 5.74) is 5.74. The Labute approximate surface area is 147 Å². The van der Waals surface area contributed by atoms with Crippen molar-refractivity contribution >= 4 is 23.4 Å². The molecule has 0 saturated carbocycles. The zero-order valence-electron chi connectivity index (χ0n) is 14.7. The van der Waals surface area contributed by atoms with E-state index in [-0.39, 0.29) is 11.9 Å². The molecule has 0 radical (unpaired) electrons. The molecule has 1 saturated heterocycles. The van der Waals surface area contributed by atoms with Crippen LogP contribution in [-0.2, 0) is 4.79 Å². The number of nitrogens with zero attached hydrogens (tertiary/aromatic N) is 5. The van der Waals surface area contributed by atoms with E-state index in [0.717, 1.165) is 37.6 Å². The lowest BCUT2D eigenvalue weighted by Gasteiger charge is -2.33. The highest BCUT2D eigenvalue weighted by atomic mass is 16.1. The van der Waals surface area contributed by atoms with Crippen LogP contribution in [0.5, 0.6) is 0 Å². The van der Waals surface area contributed by atoms with Crippen molar-refractivity contribution in [2.24, 2.45) is 5.92 Å². The van der Waals surface area contributed by atoms with Gasteiger partial charge in [0.05, 0.1) is 12.2 Å². The van der Waals surface area contributed by atoms with E-state index < -0.39 is 0 Å². The molecule has 8 heteroatoms. The molecule has 3 rings (SSSR count). The molecule has 1 aliphatic rings. The van der Waals surface area contributed by atoms with Crippen molar-refractivity contribution in [3.63, 3.8) is 0 Å². The molecule has 3 heterocycles. The summed E-state index contributed by atoms with van der Waals surface area (Å²) in [5.74, 6) is 2.48. The first-order valence-electron chi connectivity index (χ1n) is 8.68. The lowest BCUT2D eigenvalue weighted by molar-refractivity contribution is -0.116. The van der Waals surface area contributed by atoms with E-state index in [0.29, 0.717) is 18.2 Å². The zero-order valence-corrected chi connectivity index (χ0v) is 14.7. The Morgan fingerprint density at radius 1 is 1.36 bits per heavy atom. The van der Waals surface area contributed by atoms with Crippen LogP contribution in [0.1, 0.15) is 39.2 Å². The summed E-state index contributed by atoms with van der Waals surface area (Å²) in [6, 6.07) is 3.92. The largest absolute Gasteiger partial charge is 0.384 e. The van der Waals surface area contributed by atoms with Gasteiger partial charge in [0.15, 0.2) is 0 Å². The van der Waals surface area contributed by atoms with Gasteiger partial charge in [-0.15, -0.1) is 0 Å². The van der Waals surface area contributed by atoms with Crippen LogP contribution < -0.4 is 16.0 Å². The van der Waals surface area contributed by atoms with Gasteiger partial charge in [0, 0.05) is 31.6 Å². The number of carbonyl (C=O) groups is 1. The second-order valence-corrected chi connectivity index (χ2v) is 6.83. The lowest BCUT2D eigenvalue weighted by Crippen LogP contribution is -2.36. The number of nitrogens with two attached hydrogens (primary N) is 1. The summed E-state index contributed by atoms with van der Waals surface area (Å²) < 4.78 is 1.93. The summed E-state index contributed by atoms with van der Waals surface area (Å²) in [6.45, 7) is 5.79. The second-order valence-electron chi connectivity index (χ2n) is 6.83. The van der Waals surface area contributed by atoms with Gasteiger partial charge in [-0.1, -0.05) is 13.8 Å². The Morgan fingerprint density at radius 3 is 2.80 bits per heavy atom. The highest BCUT2D eigenvalue weighted by Gasteiger charge is 2.24. The Kier molecular flexibility index (Phi) is 5.16. The number of hydrogen-bond donors (Lipinski definition) is 2. The molecule has 0 aliphatic carbocycles. The number of carbonyl (C=O) groups excluding carboxylic acids is 1. The Hall–Kier alpha value is -2.64. The van der Waals surface area contributed by atoms with E-state index >= 15 is 0 Å². The molecular formula is C17H25N7O. The molecular weight excluding hydrogens is 318 g/mol. The molecule has 0 bridgehead atoms. The van der Waals surface area contributed by atoms with Crippen LogP contribution in [0.15, 0.2) is 24.7 Å². The van der Waals surface area contributed by atoms with Gasteiger partial charge in [0.2, 0.25) is 5.91 Å². The maximum atomic E-state index is 12.0. The van der Waals surface area contributed by atoms with Gasteiger partial charge >= 0.3 is 0 Å². The molecule has 1 fully saturated rings. The van der Waals surface area contributed by atoms with Gasteiger partial charge in [0.1, 0.15) is 23.8 Å². The second kappa shape index (κ2) is 7.50. The Balaban J connectivity index is 1.62. The van der Waals surface area contributed by atoms with Crippen LogP contribution in [0, 0.1) is 5.92 Å². The average molecular weight is 343 g/mol. The zero-order chi connectivity index (χ0) is 17.8. The predicted octanol–water partition coefficient (Wildman–Crippen LogP) is 2.08. The van der Waals surface area contributed by atoms with E-state index in [1.54, 1.807) is 12.3 Å². The van der Waals surface area contributed by atoms with Crippen molar-refractivity contribution < 1.29 is 4.79 Å². The topological polar surface area (TPSA) is 102 Å². The van der Waals surface area contributed by atoms with Gasteiger partial charge in [-0.05, 0) is 18.8 Å². The first-order chi connectivity index (χ1) is 12.0. The summed E-state index contributed by atoms with van der Waals surface area (Å²) in [4.78, 5) is 22.5. The summed E-state index contributed by atoms with van der Waals surface area (Å²) >= 11 is 0. The highest BCUT2D eigenvalue weighted by molar-refractivity contribution is 5.89.